The summed E-state index contributed by atoms with van der Waals surface area (Å²) in [4.78, 5) is 4.23. The highest BCUT2D eigenvalue weighted by atomic mass is 32.2. The Kier molecular flexibility index (Phi) is 3.69. The van der Waals surface area contributed by atoms with Crippen molar-refractivity contribution < 1.29 is 5.11 Å². The fourth-order valence-corrected chi connectivity index (χ4v) is 2.54. The van der Waals surface area contributed by atoms with E-state index in [4.69, 9.17) is 5.73 Å². The van der Waals surface area contributed by atoms with Crippen molar-refractivity contribution >= 4 is 17.6 Å². The topological polar surface area (TPSA) is 103 Å². The van der Waals surface area contributed by atoms with Gasteiger partial charge in [-0.15, -0.1) is 5.10 Å². The highest BCUT2D eigenvalue weighted by Crippen LogP contribution is 2.22. The summed E-state index contributed by atoms with van der Waals surface area (Å²) in [5.74, 6) is 1.31. The fourth-order valence-electron chi connectivity index (χ4n) is 1.74. The summed E-state index contributed by atoms with van der Waals surface area (Å²) in [7, 11) is 0. The van der Waals surface area contributed by atoms with Gasteiger partial charge in [-0.3, -0.25) is 0 Å². The van der Waals surface area contributed by atoms with Crippen molar-refractivity contribution in [1.82, 2.24) is 25.2 Å². The van der Waals surface area contributed by atoms with E-state index < -0.39 is 0 Å². The second-order valence-corrected chi connectivity index (χ2v) is 5.17. The third-order valence-corrected chi connectivity index (χ3v) is 3.67. The summed E-state index contributed by atoms with van der Waals surface area (Å²) in [5, 5.41) is 21.6. The van der Waals surface area contributed by atoms with Crippen LogP contribution in [-0.4, -0.2) is 30.3 Å². The van der Waals surface area contributed by atoms with E-state index in [-0.39, 0.29) is 5.75 Å². The molecule has 0 aliphatic rings. The first kappa shape index (κ1) is 13.4. The number of benzene rings is 1. The maximum atomic E-state index is 9.32. The number of nitrogens with two attached hydrogens (primary N) is 1. The van der Waals surface area contributed by atoms with E-state index in [9.17, 15) is 5.11 Å². The Morgan fingerprint density at radius 2 is 1.95 bits per heavy atom. The van der Waals surface area contributed by atoms with Gasteiger partial charge in [0.15, 0.2) is 0 Å². The molecule has 0 fully saturated rings. The van der Waals surface area contributed by atoms with Crippen LogP contribution in [0.5, 0.6) is 5.75 Å². The molecule has 106 valence electrons. The number of hydrogen-bond donors (Lipinski definition) is 2. The van der Waals surface area contributed by atoms with E-state index in [1.807, 2.05) is 12.1 Å². The van der Waals surface area contributed by atoms with Gasteiger partial charge in [-0.25, -0.2) is 4.98 Å². The average Bonchev–Trinajstić information content (AvgIpc) is 2.94. The number of thioether (sulfide) groups is 1. The van der Waals surface area contributed by atoms with E-state index in [0.717, 1.165) is 11.4 Å². The number of rotatable bonds is 4. The van der Waals surface area contributed by atoms with Crippen LogP contribution in [-0.2, 0) is 5.75 Å². The van der Waals surface area contributed by atoms with Crippen LogP contribution in [0.3, 0.4) is 0 Å². The Balaban J connectivity index is 1.78. The minimum absolute atomic E-state index is 0.199. The number of anilines is 1. The summed E-state index contributed by atoms with van der Waals surface area (Å²) in [6, 6.07) is 12.2. The zero-order valence-corrected chi connectivity index (χ0v) is 11.7. The van der Waals surface area contributed by atoms with E-state index in [1.165, 1.54) is 11.8 Å². The predicted octanol–water partition coefficient (Wildman–Crippen LogP) is 1.64. The molecule has 2 aromatic heterocycles. The summed E-state index contributed by atoms with van der Waals surface area (Å²) in [6.07, 6.45) is 0. The molecule has 0 saturated carbocycles. The lowest BCUT2D eigenvalue weighted by molar-refractivity contribution is 0.475. The number of nitrogen functional groups attached to an aromatic ring is 1. The molecule has 8 heteroatoms. The quantitative estimate of drug-likeness (QED) is 0.706. The molecule has 0 atom stereocenters. The molecule has 1 aromatic carbocycles. The molecular weight excluding hydrogens is 288 g/mol. The van der Waals surface area contributed by atoms with Crippen LogP contribution in [0.15, 0.2) is 47.6 Å². The van der Waals surface area contributed by atoms with Crippen molar-refractivity contribution in [2.45, 2.75) is 10.9 Å². The molecule has 0 bridgehead atoms. The minimum atomic E-state index is 0.199. The molecule has 7 nitrogen and oxygen atoms in total. The van der Waals surface area contributed by atoms with Gasteiger partial charge in [0.2, 0.25) is 5.16 Å². The lowest BCUT2D eigenvalue weighted by Crippen LogP contribution is -1.99. The number of pyridine rings is 1. The van der Waals surface area contributed by atoms with Crippen LogP contribution in [0.25, 0.3) is 5.69 Å². The maximum Gasteiger partial charge on any atom is 0.214 e. The van der Waals surface area contributed by atoms with E-state index in [1.54, 1.807) is 35.0 Å². The summed E-state index contributed by atoms with van der Waals surface area (Å²) in [5.41, 5.74) is 7.29. The molecule has 0 radical (unpaired) electrons. The SMILES string of the molecule is Nc1cccc(CSc2nnnn2-c2ccc(O)cc2)n1. The average molecular weight is 300 g/mol. The van der Waals surface area contributed by atoms with Crippen LogP contribution in [0.1, 0.15) is 5.69 Å². The summed E-state index contributed by atoms with van der Waals surface area (Å²) < 4.78 is 1.61. The van der Waals surface area contributed by atoms with Gasteiger partial charge in [-0.2, -0.15) is 4.68 Å². The standard InChI is InChI=1S/C13H12N6OS/c14-12-3-1-2-9(15-12)8-21-13-16-17-18-19(13)10-4-6-11(20)7-5-10/h1-7,20H,8H2,(H2,14,15). The lowest BCUT2D eigenvalue weighted by atomic mass is 10.3. The molecule has 0 saturated heterocycles. The Hall–Kier alpha value is -2.61. The lowest BCUT2D eigenvalue weighted by Gasteiger charge is -2.04. The van der Waals surface area contributed by atoms with Gasteiger partial charge in [-0.05, 0) is 46.8 Å². The van der Waals surface area contributed by atoms with Crippen molar-refractivity contribution in [2.24, 2.45) is 0 Å². The smallest absolute Gasteiger partial charge is 0.214 e. The monoisotopic (exact) mass is 300 g/mol. The van der Waals surface area contributed by atoms with E-state index >= 15 is 0 Å². The van der Waals surface area contributed by atoms with Gasteiger partial charge < -0.3 is 10.8 Å². The maximum absolute atomic E-state index is 9.32. The van der Waals surface area contributed by atoms with Crippen molar-refractivity contribution in [3.8, 4) is 11.4 Å². The molecule has 0 unspecified atom stereocenters. The van der Waals surface area contributed by atoms with Crippen LogP contribution >= 0.6 is 11.8 Å². The number of aromatic hydroxyl groups is 1. The van der Waals surface area contributed by atoms with Crippen LogP contribution < -0.4 is 5.73 Å². The molecule has 3 N–H and O–H groups in total. The number of nitrogens with zero attached hydrogens (tertiary/aromatic N) is 5. The molecular formula is C13H12N6OS. The Morgan fingerprint density at radius 3 is 2.71 bits per heavy atom. The molecule has 0 aliphatic carbocycles. The van der Waals surface area contributed by atoms with Crippen molar-refractivity contribution in [3.05, 3.63) is 48.2 Å². The van der Waals surface area contributed by atoms with Gasteiger partial charge in [0, 0.05) is 5.75 Å². The number of tetrazole rings is 1. The van der Waals surface area contributed by atoms with Crippen molar-refractivity contribution in [3.63, 3.8) is 0 Å². The minimum Gasteiger partial charge on any atom is -0.508 e. The Bertz CT molecular complexity index is 742. The van der Waals surface area contributed by atoms with Crippen molar-refractivity contribution in [2.75, 3.05) is 5.73 Å². The molecule has 0 spiro atoms. The molecule has 2 heterocycles. The van der Waals surface area contributed by atoms with Gasteiger partial charge in [0.1, 0.15) is 11.6 Å². The van der Waals surface area contributed by atoms with Crippen molar-refractivity contribution in [1.29, 1.82) is 0 Å². The largest absolute Gasteiger partial charge is 0.508 e. The van der Waals surface area contributed by atoms with E-state index in [2.05, 4.69) is 20.5 Å². The zero-order valence-electron chi connectivity index (χ0n) is 10.9. The fraction of sp³-hybridized carbons (Fsp3) is 0.0769. The third kappa shape index (κ3) is 3.11. The summed E-state index contributed by atoms with van der Waals surface area (Å²) >= 11 is 1.46. The van der Waals surface area contributed by atoms with Gasteiger partial charge in [0.25, 0.3) is 0 Å². The van der Waals surface area contributed by atoms with Gasteiger partial charge >= 0.3 is 0 Å². The number of hydrogen-bond acceptors (Lipinski definition) is 7. The molecule has 0 amide bonds. The number of phenolic OH excluding ortho intramolecular Hbond substituents is 1. The predicted molar refractivity (Wildman–Crippen MR) is 79.0 cm³/mol. The molecule has 3 rings (SSSR count). The first-order valence-electron chi connectivity index (χ1n) is 6.14. The van der Waals surface area contributed by atoms with Crippen LogP contribution in [0.4, 0.5) is 5.82 Å². The number of aromatic nitrogens is 5. The first-order valence-corrected chi connectivity index (χ1v) is 7.13. The van der Waals surface area contributed by atoms with Gasteiger partial charge in [-0.1, -0.05) is 17.8 Å². The highest BCUT2D eigenvalue weighted by Gasteiger charge is 2.09. The van der Waals surface area contributed by atoms with Gasteiger partial charge in [0.05, 0.1) is 11.4 Å². The molecule has 3 aromatic rings. The molecule has 0 aliphatic heterocycles. The van der Waals surface area contributed by atoms with E-state index in [0.29, 0.717) is 16.7 Å². The normalized spacial score (nSPS) is 10.7. The number of phenols is 1. The summed E-state index contributed by atoms with van der Waals surface area (Å²) in [6.45, 7) is 0. The second-order valence-electron chi connectivity index (χ2n) is 4.23. The zero-order chi connectivity index (χ0) is 14.7. The highest BCUT2D eigenvalue weighted by molar-refractivity contribution is 7.98. The van der Waals surface area contributed by atoms with Crippen LogP contribution in [0.2, 0.25) is 0 Å². The Labute approximate surface area is 124 Å². The second kappa shape index (κ2) is 5.80. The molecule has 21 heavy (non-hydrogen) atoms. The third-order valence-electron chi connectivity index (χ3n) is 2.71. The Morgan fingerprint density at radius 1 is 1.14 bits per heavy atom. The first-order chi connectivity index (χ1) is 10.2. The van der Waals surface area contributed by atoms with Crippen LogP contribution in [0, 0.1) is 0 Å².